The second kappa shape index (κ2) is 4.53. The summed E-state index contributed by atoms with van der Waals surface area (Å²) in [5.74, 6) is 0. The van der Waals surface area contributed by atoms with Crippen LogP contribution in [0.25, 0.3) is 0 Å². The Bertz CT molecular complexity index is 496. The Hall–Kier alpha value is -1.28. The summed E-state index contributed by atoms with van der Waals surface area (Å²) in [6.07, 6.45) is -1.08. The molecule has 0 aliphatic rings. The molecule has 2 N–H and O–H groups in total. The Kier molecular flexibility index (Phi) is 3.68. The van der Waals surface area contributed by atoms with Gasteiger partial charge in [0.25, 0.3) is 0 Å². The average molecular weight is 269 g/mol. The van der Waals surface area contributed by atoms with Gasteiger partial charge in [0.1, 0.15) is 0 Å². The van der Waals surface area contributed by atoms with E-state index in [1.165, 1.54) is 29.8 Å². The molecule has 1 aromatic rings. The molecule has 0 saturated heterocycles. The van der Waals surface area contributed by atoms with E-state index >= 15 is 0 Å². The van der Waals surface area contributed by atoms with E-state index in [4.69, 9.17) is 0 Å². The summed E-state index contributed by atoms with van der Waals surface area (Å²) in [5.41, 5.74) is -5.61. The smallest absolute Gasteiger partial charge is 0.389 e. The summed E-state index contributed by atoms with van der Waals surface area (Å²) in [7, 11) is -5.47. The first-order valence-electron chi connectivity index (χ1n) is 4.51. The number of hydrogen-bond acceptors (Lipinski definition) is 3. The predicted molar refractivity (Wildman–Crippen MR) is 55.7 cm³/mol. The van der Waals surface area contributed by atoms with Gasteiger partial charge in [-0.2, -0.15) is 21.6 Å². The SMILES string of the molecule is CC(O)c1ccccc1NS(=O)(=O)C(F)(F)F. The Morgan fingerprint density at radius 3 is 2.29 bits per heavy atom. The van der Waals surface area contributed by atoms with E-state index in [1.54, 1.807) is 0 Å². The Morgan fingerprint density at radius 2 is 1.82 bits per heavy atom. The van der Waals surface area contributed by atoms with Gasteiger partial charge in [-0.3, -0.25) is 4.72 Å². The third kappa shape index (κ3) is 3.10. The van der Waals surface area contributed by atoms with Gasteiger partial charge in [0.15, 0.2) is 0 Å². The second-order valence-electron chi connectivity index (χ2n) is 3.31. The average Bonchev–Trinajstić information content (AvgIpc) is 2.15. The van der Waals surface area contributed by atoms with Crippen molar-refractivity contribution in [1.29, 1.82) is 0 Å². The highest BCUT2D eigenvalue weighted by molar-refractivity contribution is 7.93. The zero-order valence-corrected chi connectivity index (χ0v) is 9.51. The fourth-order valence-corrected chi connectivity index (χ4v) is 1.75. The van der Waals surface area contributed by atoms with E-state index in [2.05, 4.69) is 0 Å². The maximum absolute atomic E-state index is 12.1. The topological polar surface area (TPSA) is 66.4 Å². The van der Waals surface area contributed by atoms with Crippen LogP contribution in [-0.2, 0) is 10.0 Å². The maximum atomic E-state index is 12.1. The van der Waals surface area contributed by atoms with Crippen LogP contribution in [0.4, 0.5) is 18.9 Å². The normalized spacial score (nSPS) is 14.4. The standard InChI is InChI=1S/C9H10F3NO3S/c1-6(14)7-4-2-3-5-8(7)13-17(15,16)9(10,11)12/h2-6,13-14H,1H3. The largest absolute Gasteiger partial charge is 0.516 e. The molecule has 0 aliphatic carbocycles. The van der Waals surface area contributed by atoms with Crippen LogP contribution < -0.4 is 4.72 Å². The molecule has 0 aromatic heterocycles. The van der Waals surface area contributed by atoms with Gasteiger partial charge in [-0.25, -0.2) is 0 Å². The number of aliphatic hydroxyl groups is 1. The quantitative estimate of drug-likeness (QED) is 0.882. The van der Waals surface area contributed by atoms with Gasteiger partial charge in [-0.15, -0.1) is 0 Å². The highest BCUT2D eigenvalue weighted by atomic mass is 32.2. The third-order valence-corrected chi connectivity index (χ3v) is 3.06. The lowest BCUT2D eigenvalue weighted by Gasteiger charge is -2.15. The molecule has 1 unspecified atom stereocenters. The Labute approximate surface area is 96.1 Å². The van der Waals surface area contributed by atoms with Crippen molar-refractivity contribution in [3.8, 4) is 0 Å². The summed E-state index contributed by atoms with van der Waals surface area (Å²) in [4.78, 5) is 0. The van der Waals surface area contributed by atoms with Crippen LogP contribution in [-0.4, -0.2) is 19.0 Å². The number of halogens is 3. The van der Waals surface area contributed by atoms with Gasteiger partial charge in [-0.1, -0.05) is 18.2 Å². The number of nitrogens with one attached hydrogen (secondary N) is 1. The molecule has 0 bridgehead atoms. The fourth-order valence-electron chi connectivity index (χ4n) is 1.16. The lowest BCUT2D eigenvalue weighted by Crippen LogP contribution is -2.30. The summed E-state index contributed by atoms with van der Waals surface area (Å²) in [5, 5.41) is 9.29. The fraction of sp³-hybridized carbons (Fsp3) is 0.333. The Morgan fingerprint density at radius 1 is 1.29 bits per heavy atom. The molecule has 0 fully saturated rings. The van der Waals surface area contributed by atoms with Crippen molar-refractivity contribution in [2.45, 2.75) is 18.5 Å². The van der Waals surface area contributed by atoms with Crippen LogP contribution in [0.5, 0.6) is 0 Å². The lowest BCUT2D eigenvalue weighted by molar-refractivity contribution is -0.0429. The van der Waals surface area contributed by atoms with Gasteiger partial charge in [-0.05, 0) is 13.0 Å². The number of rotatable bonds is 3. The zero-order chi connectivity index (χ0) is 13.3. The minimum Gasteiger partial charge on any atom is -0.389 e. The minimum absolute atomic E-state index is 0.0697. The van der Waals surface area contributed by atoms with Crippen LogP contribution in [0.1, 0.15) is 18.6 Å². The molecule has 0 radical (unpaired) electrons. The molecule has 4 nitrogen and oxygen atoms in total. The van der Waals surface area contributed by atoms with E-state index in [-0.39, 0.29) is 11.3 Å². The molecule has 17 heavy (non-hydrogen) atoms. The molecule has 8 heteroatoms. The number of sulfonamides is 1. The molecule has 0 spiro atoms. The van der Waals surface area contributed by atoms with Gasteiger partial charge < -0.3 is 5.11 Å². The van der Waals surface area contributed by atoms with Crippen molar-refractivity contribution in [3.05, 3.63) is 29.8 Å². The van der Waals surface area contributed by atoms with Gasteiger partial charge in [0, 0.05) is 5.56 Å². The van der Waals surface area contributed by atoms with E-state index < -0.39 is 21.6 Å². The maximum Gasteiger partial charge on any atom is 0.516 e. The number of hydrogen-bond donors (Lipinski definition) is 2. The summed E-state index contributed by atoms with van der Waals surface area (Å²) >= 11 is 0. The molecule has 1 atom stereocenters. The zero-order valence-electron chi connectivity index (χ0n) is 8.69. The molecule has 1 aromatic carbocycles. The summed E-state index contributed by atoms with van der Waals surface area (Å²) in [6.45, 7) is 1.32. The summed E-state index contributed by atoms with van der Waals surface area (Å²) in [6, 6.07) is 5.32. The Balaban J connectivity index is 3.13. The number of benzene rings is 1. The molecule has 96 valence electrons. The van der Waals surface area contributed by atoms with Crippen molar-refractivity contribution in [2.75, 3.05) is 4.72 Å². The molecule has 0 heterocycles. The van der Waals surface area contributed by atoms with E-state index in [9.17, 15) is 26.7 Å². The molecular weight excluding hydrogens is 259 g/mol. The van der Waals surface area contributed by atoms with Crippen molar-refractivity contribution in [2.24, 2.45) is 0 Å². The first-order valence-corrected chi connectivity index (χ1v) is 5.99. The number of alkyl halides is 3. The first-order chi connectivity index (χ1) is 7.65. The molecule has 1 rings (SSSR count). The number of para-hydroxylation sites is 1. The van der Waals surface area contributed by atoms with Crippen LogP contribution >= 0.6 is 0 Å². The molecule has 0 amide bonds. The highest BCUT2D eigenvalue weighted by Gasteiger charge is 2.46. The van der Waals surface area contributed by atoms with Crippen molar-refractivity contribution in [3.63, 3.8) is 0 Å². The number of anilines is 1. The van der Waals surface area contributed by atoms with E-state index in [0.717, 1.165) is 6.07 Å². The van der Waals surface area contributed by atoms with E-state index in [1.807, 2.05) is 0 Å². The molecular formula is C9H10F3NO3S. The van der Waals surface area contributed by atoms with Crippen molar-refractivity contribution < 1.29 is 26.7 Å². The van der Waals surface area contributed by atoms with Crippen LogP contribution in [0.15, 0.2) is 24.3 Å². The highest BCUT2D eigenvalue weighted by Crippen LogP contribution is 2.29. The van der Waals surface area contributed by atoms with Gasteiger partial charge in [0.2, 0.25) is 0 Å². The summed E-state index contributed by atoms with van der Waals surface area (Å²) < 4.78 is 59.6. The van der Waals surface area contributed by atoms with Crippen LogP contribution in [0.2, 0.25) is 0 Å². The van der Waals surface area contributed by atoms with Gasteiger partial charge >= 0.3 is 15.5 Å². The first kappa shape index (κ1) is 13.8. The third-order valence-electron chi connectivity index (χ3n) is 1.96. The monoisotopic (exact) mass is 269 g/mol. The van der Waals surface area contributed by atoms with E-state index in [0.29, 0.717) is 0 Å². The predicted octanol–water partition coefficient (Wildman–Crippen LogP) is 2.00. The minimum atomic E-state index is -5.47. The van der Waals surface area contributed by atoms with Crippen molar-refractivity contribution >= 4 is 15.7 Å². The van der Waals surface area contributed by atoms with Crippen molar-refractivity contribution in [1.82, 2.24) is 0 Å². The lowest BCUT2D eigenvalue weighted by atomic mass is 10.1. The second-order valence-corrected chi connectivity index (χ2v) is 4.99. The van der Waals surface area contributed by atoms with Crippen LogP contribution in [0.3, 0.4) is 0 Å². The van der Waals surface area contributed by atoms with Gasteiger partial charge in [0.05, 0.1) is 11.8 Å². The molecule has 0 aliphatic heterocycles. The molecule has 0 saturated carbocycles. The van der Waals surface area contributed by atoms with Crippen LogP contribution in [0, 0.1) is 0 Å². The number of aliphatic hydroxyl groups excluding tert-OH is 1.